The van der Waals surface area contributed by atoms with E-state index >= 15 is 0 Å². The van der Waals surface area contributed by atoms with Gasteiger partial charge in [-0.2, -0.15) is 5.26 Å². The van der Waals surface area contributed by atoms with Crippen molar-refractivity contribution in [3.05, 3.63) is 40.9 Å². The fourth-order valence-electron chi connectivity index (χ4n) is 1.68. The van der Waals surface area contributed by atoms with Crippen LogP contribution >= 0.6 is 0 Å². The van der Waals surface area contributed by atoms with Crippen molar-refractivity contribution in [2.45, 2.75) is 20.8 Å². The van der Waals surface area contributed by atoms with Crippen LogP contribution in [0, 0.1) is 32.1 Å². The van der Waals surface area contributed by atoms with Gasteiger partial charge in [0.1, 0.15) is 0 Å². The predicted octanol–water partition coefficient (Wildman–Crippen LogP) is 3.14. The summed E-state index contributed by atoms with van der Waals surface area (Å²) < 4.78 is 5.32. The van der Waals surface area contributed by atoms with E-state index in [0.717, 1.165) is 11.1 Å². The summed E-state index contributed by atoms with van der Waals surface area (Å²) in [4.78, 5) is 3.88. The summed E-state index contributed by atoms with van der Waals surface area (Å²) in [5.74, 6) is 0.754. The fraction of sp³-hybridized carbons (Fsp3) is 0.231. The maximum atomic E-state index is 8.66. The van der Waals surface area contributed by atoms with E-state index in [1.165, 1.54) is 11.1 Å². The van der Waals surface area contributed by atoms with E-state index in [1.54, 1.807) is 6.20 Å². The van der Waals surface area contributed by atoms with Crippen molar-refractivity contribution in [1.29, 1.82) is 5.26 Å². The number of aryl methyl sites for hydroxylation is 3. The Bertz CT molecular complexity index is 576. The molecule has 0 bridgehead atoms. The van der Waals surface area contributed by atoms with Gasteiger partial charge in [-0.3, -0.25) is 0 Å². The lowest BCUT2D eigenvalue weighted by molar-refractivity contribution is 0.555. The first kappa shape index (κ1) is 10.4. The Balaban J connectivity index is 2.56. The number of hydrogen-bond acceptors (Lipinski definition) is 3. The predicted molar refractivity (Wildman–Crippen MR) is 60.9 cm³/mol. The minimum atomic E-state index is 0.104. The molecule has 0 radical (unpaired) electrons. The highest BCUT2D eigenvalue weighted by atomic mass is 16.4. The quantitative estimate of drug-likeness (QED) is 0.729. The van der Waals surface area contributed by atoms with Crippen LogP contribution in [-0.2, 0) is 0 Å². The Labute approximate surface area is 94.4 Å². The lowest BCUT2D eigenvalue weighted by Gasteiger charge is -2.06. The Morgan fingerprint density at radius 1 is 1.12 bits per heavy atom. The maximum Gasteiger partial charge on any atom is 0.301 e. The summed E-state index contributed by atoms with van der Waals surface area (Å²) in [6.07, 6.45) is 1.59. The van der Waals surface area contributed by atoms with Gasteiger partial charge in [-0.15, -0.1) is 0 Å². The third-order valence-electron chi connectivity index (χ3n) is 2.71. The first-order valence-electron chi connectivity index (χ1n) is 5.06. The second-order valence-electron chi connectivity index (χ2n) is 3.89. The van der Waals surface area contributed by atoms with Crippen molar-refractivity contribution < 1.29 is 4.42 Å². The van der Waals surface area contributed by atoms with Crippen LogP contribution in [0.4, 0.5) is 0 Å². The van der Waals surface area contributed by atoms with Crippen molar-refractivity contribution >= 4 is 0 Å². The summed E-state index contributed by atoms with van der Waals surface area (Å²) in [5, 5.41) is 8.66. The van der Waals surface area contributed by atoms with Crippen LogP contribution < -0.4 is 0 Å². The summed E-state index contributed by atoms with van der Waals surface area (Å²) in [5.41, 5.74) is 4.58. The van der Waals surface area contributed by atoms with Crippen molar-refractivity contribution in [2.24, 2.45) is 0 Å². The standard InChI is InChI=1S/C13H12N2O/c1-8-4-10(3)11(5-9(8)2)12-7-15-13(6-14)16-12/h4-5,7H,1-3H3. The highest BCUT2D eigenvalue weighted by Gasteiger charge is 2.09. The van der Waals surface area contributed by atoms with Crippen LogP contribution in [0.25, 0.3) is 11.3 Å². The molecule has 0 amide bonds. The molecule has 0 spiro atoms. The molecule has 0 unspecified atom stereocenters. The number of nitriles is 1. The molecule has 1 heterocycles. The van der Waals surface area contributed by atoms with Crippen LogP contribution in [0.1, 0.15) is 22.6 Å². The van der Waals surface area contributed by atoms with E-state index in [9.17, 15) is 0 Å². The Hall–Kier alpha value is -2.08. The van der Waals surface area contributed by atoms with Crippen LogP contribution in [0.2, 0.25) is 0 Å². The number of rotatable bonds is 1. The normalized spacial score (nSPS) is 10.1. The molecule has 2 aromatic rings. The summed E-state index contributed by atoms with van der Waals surface area (Å²) >= 11 is 0. The number of hydrogen-bond donors (Lipinski definition) is 0. The third kappa shape index (κ3) is 1.70. The zero-order chi connectivity index (χ0) is 11.7. The second-order valence-corrected chi connectivity index (χ2v) is 3.89. The average Bonchev–Trinajstić information content (AvgIpc) is 2.71. The fourth-order valence-corrected chi connectivity index (χ4v) is 1.68. The Kier molecular flexibility index (Phi) is 2.49. The van der Waals surface area contributed by atoms with E-state index in [1.807, 2.05) is 13.0 Å². The van der Waals surface area contributed by atoms with Gasteiger partial charge < -0.3 is 4.42 Å². The second kappa shape index (κ2) is 3.82. The van der Waals surface area contributed by atoms with Gasteiger partial charge in [0.2, 0.25) is 0 Å². The molecule has 1 aromatic heterocycles. The van der Waals surface area contributed by atoms with Gasteiger partial charge in [-0.25, -0.2) is 4.98 Å². The number of aromatic nitrogens is 1. The third-order valence-corrected chi connectivity index (χ3v) is 2.71. The smallest absolute Gasteiger partial charge is 0.301 e. The lowest BCUT2D eigenvalue weighted by atomic mass is 10.00. The molecular weight excluding hydrogens is 200 g/mol. The summed E-state index contributed by atoms with van der Waals surface area (Å²) in [6, 6.07) is 6.06. The van der Waals surface area contributed by atoms with E-state index in [2.05, 4.69) is 31.0 Å². The molecule has 0 aliphatic rings. The van der Waals surface area contributed by atoms with Gasteiger partial charge in [-0.05, 0) is 43.5 Å². The molecule has 0 saturated carbocycles. The number of oxazole rings is 1. The molecule has 0 saturated heterocycles. The summed E-state index contributed by atoms with van der Waals surface area (Å²) in [7, 11) is 0. The molecule has 0 atom stereocenters. The molecule has 0 N–H and O–H groups in total. The van der Waals surface area contributed by atoms with Crippen molar-refractivity contribution in [3.8, 4) is 17.4 Å². The zero-order valence-electron chi connectivity index (χ0n) is 9.53. The molecule has 1 aromatic carbocycles. The molecule has 0 fully saturated rings. The van der Waals surface area contributed by atoms with Crippen LogP contribution in [0.15, 0.2) is 22.7 Å². The lowest BCUT2D eigenvalue weighted by Crippen LogP contribution is -1.87. The minimum Gasteiger partial charge on any atom is -0.428 e. The molecule has 3 nitrogen and oxygen atoms in total. The minimum absolute atomic E-state index is 0.104. The Morgan fingerprint density at radius 2 is 1.81 bits per heavy atom. The molecule has 0 aliphatic carbocycles. The zero-order valence-corrected chi connectivity index (χ0v) is 9.53. The van der Waals surface area contributed by atoms with Crippen LogP contribution in [0.5, 0.6) is 0 Å². The topological polar surface area (TPSA) is 49.8 Å². The first-order chi connectivity index (χ1) is 7.61. The van der Waals surface area contributed by atoms with E-state index in [4.69, 9.17) is 9.68 Å². The van der Waals surface area contributed by atoms with Crippen molar-refractivity contribution in [1.82, 2.24) is 4.98 Å². The van der Waals surface area contributed by atoms with E-state index in [-0.39, 0.29) is 5.89 Å². The largest absolute Gasteiger partial charge is 0.428 e. The Morgan fingerprint density at radius 3 is 2.44 bits per heavy atom. The van der Waals surface area contributed by atoms with Gasteiger partial charge in [0.05, 0.1) is 6.20 Å². The van der Waals surface area contributed by atoms with Gasteiger partial charge in [0, 0.05) is 5.56 Å². The highest BCUT2D eigenvalue weighted by Crippen LogP contribution is 2.26. The number of nitrogens with zero attached hydrogens (tertiary/aromatic N) is 2. The molecule has 16 heavy (non-hydrogen) atoms. The molecular formula is C13H12N2O. The van der Waals surface area contributed by atoms with Gasteiger partial charge in [-0.1, -0.05) is 6.07 Å². The van der Waals surface area contributed by atoms with E-state index < -0.39 is 0 Å². The van der Waals surface area contributed by atoms with E-state index in [0.29, 0.717) is 5.76 Å². The SMILES string of the molecule is Cc1cc(C)c(-c2cnc(C#N)o2)cc1C. The molecule has 80 valence electrons. The molecule has 2 rings (SSSR count). The monoisotopic (exact) mass is 212 g/mol. The van der Waals surface area contributed by atoms with Crippen molar-refractivity contribution in [2.75, 3.05) is 0 Å². The molecule has 0 aliphatic heterocycles. The highest BCUT2D eigenvalue weighted by molar-refractivity contribution is 5.63. The molecule has 3 heteroatoms. The first-order valence-corrected chi connectivity index (χ1v) is 5.06. The van der Waals surface area contributed by atoms with Crippen LogP contribution in [-0.4, -0.2) is 4.98 Å². The summed E-state index contributed by atoms with van der Waals surface area (Å²) in [6.45, 7) is 6.16. The van der Waals surface area contributed by atoms with Gasteiger partial charge in [0.25, 0.3) is 0 Å². The maximum absolute atomic E-state index is 8.66. The number of benzene rings is 1. The van der Waals surface area contributed by atoms with Gasteiger partial charge in [0.15, 0.2) is 11.8 Å². The average molecular weight is 212 g/mol. The van der Waals surface area contributed by atoms with Crippen molar-refractivity contribution in [3.63, 3.8) is 0 Å². The van der Waals surface area contributed by atoms with Gasteiger partial charge >= 0.3 is 5.89 Å². The van der Waals surface area contributed by atoms with Crippen LogP contribution in [0.3, 0.4) is 0 Å².